The lowest BCUT2D eigenvalue weighted by atomic mass is 10.1. The Morgan fingerprint density at radius 1 is 1.23 bits per heavy atom. The SMILES string of the molecule is Cn1cnc2c(N[C@@H]3C[C@H]3c3ccc(F)c(F)c3)nc(S(C)(=O)=O)nc21. The van der Waals surface area contributed by atoms with E-state index < -0.39 is 21.5 Å². The fraction of sp³-hybridized carbons (Fsp3) is 0.312. The largest absolute Gasteiger partial charge is 0.365 e. The van der Waals surface area contributed by atoms with E-state index in [0.717, 1.165) is 12.3 Å². The summed E-state index contributed by atoms with van der Waals surface area (Å²) >= 11 is 0. The summed E-state index contributed by atoms with van der Waals surface area (Å²) in [4.78, 5) is 12.4. The van der Waals surface area contributed by atoms with E-state index in [9.17, 15) is 17.2 Å². The van der Waals surface area contributed by atoms with Crippen LogP contribution in [0.5, 0.6) is 0 Å². The Kier molecular flexibility index (Phi) is 3.69. The summed E-state index contributed by atoms with van der Waals surface area (Å²) in [7, 11) is -1.89. The molecule has 0 unspecified atom stereocenters. The number of fused-ring (bicyclic) bond motifs is 1. The number of aromatic nitrogens is 4. The van der Waals surface area contributed by atoms with Crippen molar-refractivity contribution in [1.29, 1.82) is 0 Å². The third-order valence-electron chi connectivity index (χ3n) is 4.36. The molecule has 136 valence electrons. The molecule has 10 heteroatoms. The molecule has 0 aliphatic heterocycles. The first-order valence-electron chi connectivity index (χ1n) is 7.84. The van der Waals surface area contributed by atoms with E-state index in [-0.39, 0.29) is 17.1 Å². The summed E-state index contributed by atoms with van der Waals surface area (Å²) in [6.07, 6.45) is 3.25. The molecule has 2 aromatic heterocycles. The van der Waals surface area contributed by atoms with Crippen LogP contribution < -0.4 is 5.32 Å². The van der Waals surface area contributed by atoms with Gasteiger partial charge in [-0.3, -0.25) is 0 Å². The first-order chi connectivity index (χ1) is 12.2. The minimum absolute atomic E-state index is 0.0134. The highest BCUT2D eigenvalue weighted by Gasteiger charge is 2.39. The standard InChI is InChI=1S/C16H15F2N5O2S/c1-23-7-19-13-14(21-16(22-15(13)23)26(2,24)25)20-12-6-9(12)8-3-4-10(17)11(18)5-8/h3-5,7,9,12H,6H2,1-2H3,(H,20,21,22)/t9-,12+/m0/s1. The van der Waals surface area contributed by atoms with Gasteiger partial charge in [-0.25, -0.2) is 22.2 Å². The average Bonchev–Trinajstić information content (AvgIpc) is 3.23. The van der Waals surface area contributed by atoms with Crippen LogP contribution in [0.1, 0.15) is 17.9 Å². The number of hydrogen-bond donors (Lipinski definition) is 1. The van der Waals surface area contributed by atoms with Crippen LogP contribution >= 0.6 is 0 Å². The second-order valence-corrected chi connectivity index (χ2v) is 8.33. The van der Waals surface area contributed by atoms with E-state index in [2.05, 4.69) is 20.3 Å². The van der Waals surface area contributed by atoms with Gasteiger partial charge in [-0.1, -0.05) is 6.07 Å². The molecule has 1 saturated carbocycles. The number of benzene rings is 1. The van der Waals surface area contributed by atoms with Gasteiger partial charge in [0.05, 0.1) is 6.33 Å². The van der Waals surface area contributed by atoms with E-state index >= 15 is 0 Å². The molecule has 7 nitrogen and oxygen atoms in total. The van der Waals surface area contributed by atoms with Crippen molar-refractivity contribution in [2.75, 3.05) is 11.6 Å². The molecule has 0 spiro atoms. The molecular formula is C16H15F2N5O2S. The normalized spacial score (nSPS) is 19.7. The third kappa shape index (κ3) is 2.90. The zero-order valence-corrected chi connectivity index (χ0v) is 14.8. The molecule has 2 atom stereocenters. The van der Waals surface area contributed by atoms with Crippen LogP contribution in [0.3, 0.4) is 0 Å². The van der Waals surface area contributed by atoms with Crippen molar-refractivity contribution in [3.63, 3.8) is 0 Å². The summed E-state index contributed by atoms with van der Waals surface area (Å²) in [5, 5.41) is 2.87. The Hall–Kier alpha value is -2.62. The van der Waals surface area contributed by atoms with Crippen LogP contribution in [0.4, 0.5) is 14.6 Å². The number of aryl methyl sites for hydroxylation is 1. The maximum Gasteiger partial charge on any atom is 0.250 e. The molecule has 4 rings (SSSR count). The molecule has 3 aromatic rings. The van der Waals surface area contributed by atoms with E-state index in [1.54, 1.807) is 17.7 Å². The Labute approximate surface area is 148 Å². The molecular weight excluding hydrogens is 364 g/mol. The van der Waals surface area contributed by atoms with Gasteiger partial charge in [0.1, 0.15) is 0 Å². The highest BCUT2D eigenvalue weighted by atomic mass is 32.2. The van der Waals surface area contributed by atoms with Gasteiger partial charge in [0.15, 0.2) is 28.6 Å². The topological polar surface area (TPSA) is 89.8 Å². The van der Waals surface area contributed by atoms with Gasteiger partial charge in [-0.05, 0) is 24.1 Å². The maximum atomic E-state index is 13.4. The van der Waals surface area contributed by atoms with E-state index in [1.807, 2.05) is 0 Å². The first kappa shape index (κ1) is 16.8. The van der Waals surface area contributed by atoms with Crippen molar-refractivity contribution in [3.8, 4) is 0 Å². The number of nitrogens with one attached hydrogen (secondary N) is 1. The molecule has 0 bridgehead atoms. The molecule has 2 heterocycles. The van der Waals surface area contributed by atoms with Crippen LogP contribution in [-0.4, -0.2) is 40.2 Å². The van der Waals surface area contributed by atoms with Gasteiger partial charge in [-0.2, -0.15) is 9.97 Å². The van der Waals surface area contributed by atoms with Crippen LogP contribution in [0.15, 0.2) is 29.7 Å². The average molecular weight is 379 g/mol. The quantitative estimate of drug-likeness (QED) is 0.698. The Morgan fingerprint density at radius 2 is 2.00 bits per heavy atom. The van der Waals surface area contributed by atoms with Crippen molar-refractivity contribution < 1.29 is 17.2 Å². The second kappa shape index (κ2) is 5.70. The summed E-state index contributed by atoms with van der Waals surface area (Å²) in [6, 6.07) is 3.75. The zero-order valence-electron chi connectivity index (χ0n) is 13.9. The van der Waals surface area contributed by atoms with E-state index in [0.29, 0.717) is 29.0 Å². The molecule has 0 saturated heterocycles. The first-order valence-corrected chi connectivity index (χ1v) is 9.74. The second-order valence-electron chi connectivity index (χ2n) is 6.42. The van der Waals surface area contributed by atoms with E-state index in [1.165, 1.54) is 12.4 Å². The molecule has 0 radical (unpaired) electrons. The van der Waals surface area contributed by atoms with Gasteiger partial charge < -0.3 is 9.88 Å². The van der Waals surface area contributed by atoms with Gasteiger partial charge in [-0.15, -0.1) is 0 Å². The zero-order chi connectivity index (χ0) is 18.6. The molecule has 0 amide bonds. The number of nitrogens with zero attached hydrogens (tertiary/aromatic N) is 4. The minimum Gasteiger partial charge on any atom is -0.365 e. The molecule has 1 aliphatic rings. The van der Waals surface area contributed by atoms with Gasteiger partial charge >= 0.3 is 0 Å². The van der Waals surface area contributed by atoms with Crippen LogP contribution in [0.2, 0.25) is 0 Å². The number of sulfone groups is 1. The van der Waals surface area contributed by atoms with E-state index in [4.69, 9.17) is 0 Å². The monoisotopic (exact) mass is 379 g/mol. The summed E-state index contributed by atoms with van der Waals surface area (Å²) in [6.45, 7) is 0. The smallest absolute Gasteiger partial charge is 0.250 e. The summed E-state index contributed by atoms with van der Waals surface area (Å²) < 4.78 is 51.8. The number of rotatable bonds is 4. The third-order valence-corrected chi connectivity index (χ3v) is 5.20. The van der Waals surface area contributed by atoms with Crippen molar-refractivity contribution >= 4 is 26.8 Å². The molecule has 26 heavy (non-hydrogen) atoms. The molecule has 1 aromatic carbocycles. The number of imidazole rings is 1. The van der Waals surface area contributed by atoms with Crippen LogP contribution in [0, 0.1) is 11.6 Å². The highest BCUT2D eigenvalue weighted by Crippen LogP contribution is 2.43. The lowest BCUT2D eigenvalue weighted by molar-refractivity contribution is 0.507. The number of anilines is 1. The molecule has 1 N–H and O–H groups in total. The van der Waals surface area contributed by atoms with Gasteiger partial charge in [0, 0.05) is 25.3 Å². The predicted octanol–water partition coefficient (Wildman–Crippen LogP) is 2.01. The fourth-order valence-corrected chi connectivity index (χ4v) is 3.40. The van der Waals surface area contributed by atoms with Crippen LogP contribution in [0.25, 0.3) is 11.2 Å². The lowest BCUT2D eigenvalue weighted by Gasteiger charge is -2.08. The fourth-order valence-electron chi connectivity index (χ4n) is 2.89. The lowest BCUT2D eigenvalue weighted by Crippen LogP contribution is -2.12. The summed E-state index contributed by atoms with van der Waals surface area (Å²) in [5.74, 6) is -1.48. The highest BCUT2D eigenvalue weighted by molar-refractivity contribution is 7.90. The minimum atomic E-state index is -3.60. The Morgan fingerprint density at radius 3 is 2.69 bits per heavy atom. The predicted molar refractivity (Wildman–Crippen MR) is 90.5 cm³/mol. The molecule has 1 aliphatic carbocycles. The van der Waals surface area contributed by atoms with Gasteiger partial charge in [0.2, 0.25) is 9.84 Å². The Balaban J connectivity index is 1.66. The van der Waals surface area contributed by atoms with Crippen molar-refractivity contribution in [2.24, 2.45) is 7.05 Å². The van der Waals surface area contributed by atoms with Crippen molar-refractivity contribution in [2.45, 2.75) is 23.5 Å². The van der Waals surface area contributed by atoms with Crippen molar-refractivity contribution in [3.05, 3.63) is 41.7 Å². The summed E-state index contributed by atoms with van der Waals surface area (Å²) in [5.41, 5.74) is 1.53. The number of hydrogen-bond acceptors (Lipinski definition) is 6. The Bertz CT molecular complexity index is 1130. The number of halogens is 2. The molecule has 1 fully saturated rings. The van der Waals surface area contributed by atoms with Crippen LogP contribution in [-0.2, 0) is 16.9 Å². The van der Waals surface area contributed by atoms with Crippen molar-refractivity contribution in [1.82, 2.24) is 19.5 Å². The maximum absolute atomic E-state index is 13.4. The van der Waals surface area contributed by atoms with Gasteiger partial charge in [0.25, 0.3) is 5.16 Å².